The molecule has 0 saturated carbocycles. The highest BCUT2D eigenvalue weighted by atomic mass is 19.3. The molecular formula is C24H24F2N4O4. The van der Waals surface area contributed by atoms with E-state index in [0.717, 1.165) is 0 Å². The number of aromatic nitrogens is 3. The second-order valence-electron chi connectivity index (χ2n) is 7.76. The molecule has 0 fully saturated rings. The summed E-state index contributed by atoms with van der Waals surface area (Å²) >= 11 is 0. The van der Waals surface area contributed by atoms with E-state index in [1.54, 1.807) is 31.5 Å². The van der Waals surface area contributed by atoms with Crippen LogP contribution in [0, 0.1) is 0 Å². The molecule has 8 nitrogen and oxygen atoms in total. The van der Waals surface area contributed by atoms with E-state index in [4.69, 9.17) is 9.26 Å². The van der Waals surface area contributed by atoms with Crippen LogP contribution < -0.4 is 10.1 Å². The Kier molecular flexibility index (Phi) is 6.71. The molecular weight excluding hydrogens is 446 g/mol. The molecule has 0 radical (unpaired) electrons. The summed E-state index contributed by atoms with van der Waals surface area (Å²) in [4.78, 5) is 8.84. The third-order valence-electron chi connectivity index (χ3n) is 5.44. The molecule has 178 valence electrons. The third kappa shape index (κ3) is 4.68. The monoisotopic (exact) mass is 470 g/mol. The topological polar surface area (TPSA) is 103 Å². The van der Waals surface area contributed by atoms with Gasteiger partial charge in [0.25, 0.3) is 5.92 Å². The SMILES string of the molecule is COCC(F)(F)c1cccc([C@@H](C)Nc2nc(CO)nc3cc(OC)c(-c4cnoc4)cc23)c1. The van der Waals surface area contributed by atoms with Crippen LogP contribution in [0.2, 0.25) is 0 Å². The fourth-order valence-electron chi connectivity index (χ4n) is 3.71. The van der Waals surface area contributed by atoms with Crippen LogP contribution in [0.25, 0.3) is 22.0 Å². The van der Waals surface area contributed by atoms with Crippen molar-refractivity contribution in [2.75, 3.05) is 26.1 Å². The van der Waals surface area contributed by atoms with E-state index in [2.05, 4.69) is 25.2 Å². The average molecular weight is 470 g/mol. The van der Waals surface area contributed by atoms with E-state index in [9.17, 15) is 13.9 Å². The number of methoxy groups -OCH3 is 2. The lowest BCUT2D eigenvalue weighted by Gasteiger charge is -2.21. The van der Waals surface area contributed by atoms with Crippen molar-refractivity contribution < 1.29 is 27.9 Å². The molecule has 0 saturated heterocycles. The van der Waals surface area contributed by atoms with Crippen LogP contribution in [-0.2, 0) is 17.3 Å². The zero-order chi connectivity index (χ0) is 24.3. The Balaban J connectivity index is 1.76. The molecule has 4 rings (SSSR count). The van der Waals surface area contributed by atoms with Gasteiger partial charge in [0.05, 0.1) is 18.8 Å². The van der Waals surface area contributed by atoms with Gasteiger partial charge < -0.3 is 24.4 Å². The van der Waals surface area contributed by atoms with Gasteiger partial charge in [-0.1, -0.05) is 23.4 Å². The summed E-state index contributed by atoms with van der Waals surface area (Å²) in [6.07, 6.45) is 3.06. The molecule has 2 aromatic heterocycles. The number of benzene rings is 2. The van der Waals surface area contributed by atoms with E-state index in [-0.39, 0.29) is 24.0 Å². The Morgan fingerprint density at radius 2 is 2.00 bits per heavy atom. The van der Waals surface area contributed by atoms with Crippen LogP contribution in [0.3, 0.4) is 0 Å². The number of alkyl halides is 2. The Hall–Kier alpha value is -3.63. The highest BCUT2D eigenvalue weighted by Crippen LogP contribution is 2.37. The zero-order valence-electron chi connectivity index (χ0n) is 18.9. The number of hydrogen-bond acceptors (Lipinski definition) is 8. The van der Waals surface area contributed by atoms with Gasteiger partial charge >= 0.3 is 0 Å². The van der Waals surface area contributed by atoms with Gasteiger partial charge in [-0.2, -0.15) is 8.78 Å². The van der Waals surface area contributed by atoms with E-state index < -0.39 is 12.5 Å². The average Bonchev–Trinajstić information content (AvgIpc) is 3.38. The van der Waals surface area contributed by atoms with Gasteiger partial charge in [-0.15, -0.1) is 0 Å². The van der Waals surface area contributed by atoms with Crippen molar-refractivity contribution in [2.45, 2.75) is 25.5 Å². The third-order valence-corrected chi connectivity index (χ3v) is 5.44. The molecule has 4 aromatic rings. The summed E-state index contributed by atoms with van der Waals surface area (Å²) in [6.45, 7) is 0.764. The van der Waals surface area contributed by atoms with E-state index in [1.165, 1.54) is 25.5 Å². The summed E-state index contributed by atoms with van der Waals surface area (Å²) < 4.78 is 43.9. The van der Waals surface area contributed by atoms with Crippen molar-refractivity contribution in [2.24, 2.45) is 0 Å². The van der Waals surface area contributed by atoms with Crippen molar-refractivity contribution in [3.63, 3.8) is 0 Å². The molecule has 2 aromatic carbocycles. The van der Waals surface area contributed by atoms with E-state index in [0.29, 0.717) is 39.2 Å². The van der Waals surface area contributed by atoms with Crippen LogP contribution in [0.15, 0.2) is 53.4 Å². The largest absolute Gasteiger partial charge is 0.496 e. The molecule has 0 bridgehead atoms. The lowest BCUT2D eigenvalue weighted by molar-refractivity contribution is -0.0698. The molecule has 2 N–H and O–H groups in total. The van der Waals surface area contributed by atoms with Crippen molar-refractivity contribution in [1.82, 2.24) is 15.1 Å². The molecule has 2 heterocycles. The van der Waals surface area contributed by atoms with Crippen molar-refractivity contribution in [3.05, 3.63) is 65.8 Å². The second-order valence-corrected chi connectivity index (χ2v) is 7.76. The molecule has 10 heteroatoms. The predicted molar refractivity (Wildman–Crippen MR) is 122 cm³/mol. The summed E-state index contributed by atoms with van der Waals surface area (Å²) in [5.41, 5.74) is 2.47. The summed E-state index contributed by atoms with van der Waals surface area (Å²) in [6, 6.07) is 9.34. The molecule has 0 aliphatic rings. The van der Waals surface area contributed by atoms with Crippen LogP contribution >= 0.6 is 0 Å². The zero-order valence-corrected chi connectivity index (χ0v) is 18.9. The maximum Gasteiger partial charge on any atom is 0.296 e. The Morgan fingerprint density at radius 3 is 2.68 bits per heavy atom. The minimum atomic E-state index is -3.11. The smallest absolute Gasteiger partial charge is 0.296 e. The van der Waals surface area contributed by atoms with Gasteiger partial charge in [-0.25, -0.2) is 9.97 Å². The maximum absolute atomic E-state index is 14.4. The first-order chi connectivity index (χ1) is 16.4. The van der Waals surface area contributed by atoms with Gasteiger partial charge in [0.1, 0.15) is 31.0 Å². The Morgan fingerprint density at radius 1 is 1.18 bits per heavy atom. The quantitative estimate of drug-likeness (QED) is 0.363. The number of nitrogens with zero attached hydrogens (tertiary/aromatic N) is 3. The predicted octanol–water partition coefficient (Wildman–Crippen LogP) is 4.70. The van der Waals surface area contributed by atoms with E-state index in [1.807, 2.05) is 13.0 Å². The minimum Gasteiger partial charge on any atom is -0.496 e. The fraction of sp³-hybridized carbons (Fsp3) is 0.292. The highest BCUT2D eigenvalue weighted by molar-refractivity contribution is 5.95. The van der Waals surface area contributed by atoms with Crippen LogP contribution in [0.4, 0.5) is 14.6 Å². The molecule has 0 spiro atoms. The summed E-state index contributed by atoms with van der Waals surface area (Å²) in [5.74, 6) is -1.91. The number of halogens is 2. The van der Waals surface area contributed by atoms with E-state index >= 15 is 0 Å². The van der Waals surface area contributed by atoms with Crippen molar-refractivity contribution in [3.8, 4) is 16.9 Å². The molecule has 0 amide bonds. The fourth-order valence-corrected chi connectivity index (χ4v) is 3.71. The lowest BCUT2D eigenvalue weighted by Crippen LogP contribution is -2.20. The molecule has 0 aliphatic heterocycles. The number of ether oxygens (including phenoxy) is 2. The number of anilines is 1. The number of rotatable bonds is 9. The number of aliphatic hydroxyl groups excluding tert-OH is 1. The van der Waals surface area contributed by atoms with Gasteiger partial charge in [-0.05, 0) is 24.6 Å². The van der Waals surface area contributed by atoms with Gasteiger partial charge in [-0.3, -0.25) is 0 Å². The number of aliphatic hydroxyl groups is 1. The number of nitrogens with one attached hydrogen (secondary N) is 1. The number of hydrogen-bond donors (Lipinski definition) is 2. The first kappa shape index (κ1) is 23.5. The molecule has 1 atom stereocenters. The number of fused-ring (bicyclic) bond motifs is 1. The van der Waals surface area contributed by atoms with Gasteiger partial charge in [0.2, 0.25) is 0 Å². The van der Waals surface area contributed by atoms with Crippen molar-refractivity contribution >= 4 is 16.7 Å². The molecule has 0 aliphatic carbocycles. The lowest BCUT2D eigenvalue weighted by atomic mass is 10.0. The minimum absolute atomic E-state index is 0.136. The standard InChI is InChI=1S/C24H24F2N4O4/c1-14(15-5-4-6-17(7-15)24(25,26)13-32-2)28-23-19-8-18(16-10-27-34-12-16)21(33-3)9-20(19)29-22(11-31)30-23/h4-10,12,14,31H,11,13H2,1-3H3,(H,28,29,30)/t14-/m1/s1. The summed E-state index contributed by atoms with van der Waals surface area (Å²) in [7, 11) is 2.78. The Bertz CT molecular complexity index is 1280. The first-order valence-corrected chi connectivity index (χ1v) is 10.5. The van der Waals surface area contributed by atoms with Crippen LogP contribution in [-0.4, -0.2) is 41.1 Å². The summed E-state index contributed by atoms with van der Waals surface area (Å²) in [5, 5.41) is 17.4. The maximum atomic E-state index is 14.4. The van der Waals surface area contributed by atoms with Crippen LogP contribution in [0.5, 0.6) is 5.75 Å². The highest BCUT2D eigenvalue weighted by Gasteiger charge is 2.32. The second kappa shape index (κ2) is 9.70. The van der Waals surface area contributed by atoms with Gasteiger partial charge in [0, 0.05) is 41.3 Å². The molecule has 0 unspecified atom stereocenters. The first-order valence-electron chi connectivity index (χ1n) is 10.5. The molecule has 34 heavy (non-hydrogen) atoms. The normalized spacial score (nSPS) is 12.6. The Labute approximate surface area is 194 Å². The van der Waals surface area contributed by atoms with Gasteiger partial charge in [0.15, 0.2) is 5.82 Å². The van der Waals surface area contributed by atoms with Crippen LogP contribution in [0.1, 0.15) is 29.9 Å². The van der Waals surface area contributed by atoms with Crippen molar-refractivity contribution in [1.29, 1.82) is 0 Å².